The van der Waals surface area contributed by atoms with Crippen molar-refractivity contribution in [3.8, 4) is 5.75 Å². The van der Waals surface area contributed by atoms with Crippen LogP contribution in [-0.2, 0) is 11.3 Å². The lowest BCUT2D eigenvalue weighted by atomic mass is 10.1. The molecule has 0 aliphatic rings. The molecule has 0 unspecified atom stereocenters. The molecule has 2 amide bonds. The van der Waals surface area contributed by atoms with Crippen LogP contribution in [0.3, 0.4) is 0 Å². The molecule has 5 nitrogen and oxygen atoms in total. The van der Waals surface area contributed by atoms with Gasteiger partial charge in [-0.15, -0.1) is 0 Å². The average molecular weight is 410 g/mol. The van der Waals surface area contributed by atoms with Gasteiger partial charge in [-0.25, -0.2) is 8.78 Å². The van der Waals surface area contributed by atoms with E-state index in [1.165, 1.54) is 6.92 Å². The molecule has 30 heavy (non-hydrogen) atoms. The van der Waals surface area contributed by atoms with Gasteiger partial charge < -0.3 is 15.4 Å². The van der Waals surface area contributed by atoms with E-state index in [1.807, 2.05) is 30.3 Å². The molecule has 0 heterocycles. The molecule has 0 aromatic heterocycles. The third-order valence-corrected chi connectivity index (χ3v) is 4.29. The summed E-state index contributed by atoms with van der Waals surface area (Å²) in [5, 5.41) is 5.15. The van der Waals surface area contributed by atoms with Crippen LogP contribution in [0.15, 0.2) is 72.8 Å². The lowest BCUT2D eigenvalue weighted by molar-refractivity contribution is -0.122. The van der Waals surface area contributed by atoms with Gasteiger partial charge in [-0.05, 0) is 36.8 Å². The van der Waals surface area contributed by atoms with E-state index in [1.54, 1.807) is 24.3 Å². The molecule has 0 radical (unpaired) electrons. The highest BCUT2D eigenvalue weighted by Gasteiger charge is 2.20. The highest BCUT2D eigenvalue weighted by Crippen LogP contribution is 2.21. The Labute approximate surface area is 172 Å². The van der Waals surface area contributed by atoms with E-state index in [9.17, 15) is 18.4 Å². The van der Waals surface area contributed by atoms with E-state index >= 15 is 0 Å². The number of anilines is 1. The molecule has 3 aromatic rings. The van der Waals surface area contributed by atoms with Gasteiger partial charge in [-0.1, -0.05) is 42.5 Å². The van der Waals surface area contributed by atoms with Gasteiger partial charge in [0, 0.05) is 12.6 Å². The fourth-order valence-electron chi connectivity index (χ4n) is 2.70. The summed E-state index contributed by atoms with van der Waals surface area (Å²) in [4.78, 5) is 24.9. The highest BCUT2D eigenvalue weighted by molar-refractivity contribution is 5.97. The van der Waals surface area contributed by atoms with Gasteiger partial charge in [0.1, 0.15) is 17.4 Å². The normalized spacial score (nSPS) is 11.4. The molecule has 0 aliphatic heterocycles. The smallest absolute Gasteiger partial charge is 0.265 e. The Kier molecular flexibility index (Phi) is 6.75. The number of carbonyl (C=O) groups excluding carboxylic acids is 2. The summed E-state index contributed by atoms with van der Waals surface area (Å²) in [6, 6.07) is 18.8. The number of ether oxygens (including phenoxy) is 1. The zero-order valence-electron chi connectivity index (χ0n) is 16.2. The quantitative estimate of drug-likeness (QED) is 0.610. The van der Waals surface area contributed by atoms with E-state index in [-0.39, 0.29) is 22.9 Å². The number of hydrogen-bond donors (Lipinski definition) is 2. The van der Waals surface area contributed by atoms with E-state index in [0.29, 0.717) is 12.6 Å². The first-order chi connectivity index (χ1) is 14.4. The number of benzene rings is 3. The van der Waals surface area contributed by atoms with Crippen LogP contribution < -0.4 is 15.4 Å². The molecule has 2 N–H and O–H groups in total. The highest BCUT2D eigenvalue weighted by atomic mass is 19.1. The monoisotopic (exact) mass is 410 g/mol. The van der Waals surface area contributed by atoms with Gasteiger partial charge in [0.2, 0.25) is 0 Å². The summed E-state index contributed by atoms with van der Waals surface area (Å²) < 4.78 is 32.4. The molecular formula is C23H20F2N2O3. The van der Waals surface area contributed by atoms with Crippen LogP contribution in [0.4, 0.5) is 14.5 Å². The predicted octanol–water partition coefficient (Wildman–Crippen LogP) is 4.30. The first-order valence-corrected chi connectivity index (χ1v) is 9.28. The molecule has 154 valence electrons. The van der Waals surface area contributed by atoms with Crippen LogP contribution >= 0.6 is 0 Å². The topological polar surface area (TPSA) is 67.4 Å². The molecule has 0 bridgehead atoms. The van der Waals surface area contributed by atoms with Crippen LogP contribution in [0, 0.1) is 11.6 Å². The summed E-state index contributed by atoms with van der Waals surface area (Å²) in [7, 11) is 0. The average Bonchev–Trinajstić information content (AvgIpc) is 2.75. The summed E-state index contributed by atoms with van der Waals surface area (Å²) in [5.74, 6) is -2.42. The molecule has 3 rings (SSSR count). The molecule has 0 aliphatic carbocycles. The van der Waals surface area contributed by atoms with Crippen molar-refractivity contribution in [3.63, 3.8) is 0 Å². The second-order valence-corrected chi connectivity index (χ2v) is 6.54. The van der Waals surface area contributed by atoms with Crippen LogP contribution in [0.2, 0.25) is 0 Å². The van der Waals surface area contributed by atoms with Gasteiger partial charge in [-0.2, -0.15) is 0 Å². The van der Waals surface area contributed by atoms with Crippen LogP contribution in [0.5, 0.6) is 5.75 Å². The second kappa shape index (κ2) is 9.65. The molecule has 0 saturated carbocycles. The van der Waals surface area contributed by atoms with Gasteiger partial charge in [0.25, 0.3) is 11.8 Å². The number of carbonyl (C=O) groups is 2. The van der Waals surface area contributed by atoms with Crippen molar-refractivity contribution in [1.29, 1.82) is 0 Å². The van der Waals surface area contributed by atoms with E-state index in [2.05, 4.69) is 10.6 Å². The van der Waals surface area contributed by atoms with Crippen LogP contribution in [-0.4, -0.2) is 17.9 Å². The molecule has 0 saturated heterocycles. The molecule has 7 heteroatoms. The maximum atomic E-state index is 13.7. The summed E-state index contributed by atoms with van der Waals surface area (Å²) in [6.07, 6.45) is -1.03. The second-order valence-electron chi connectivity index (χ2n) is 6.54. The van der Waals surface area contributed by atoms with Crippen molar-refractivity contribution < 1.29 is 23.1 Å². The van der Waals surface area contributed by atoms with Crippen LogP contribution in [0.25, 0.3) is 0 Å². The first-order valence-electron chi connectivity index (χ1n) is 9.28. The van der Waals surface area contributed by atoms with Gasteiger partial charge in [0.05, 0.1) is 11.3 Å². The van der Waals surface area contributed by atoms with Gasteiger partial charge in [-0.3, -0.25) is 9.59 Å². The summed E-state index contributed by atoms with van der Waals surface area (Å²) in [5.41, 5.74) is 1.05. The molecule has 0 fully saturated rings. The van der Waals surface area contributed by atoms with Gasteiger partial charge in [0.15, 0.2) is 6.10 Å². The Balaban J connectivity index is 1.65. The Bertz CT molecular complexity index is 1040. The van der Waals surface area contributed by atoms with Gasteiger partial charge >= 0.3 is 0 Å². The SMILES string of the molecule is C[C@@H](Oc1ccccc1C(=O)NCc1ccccc1)C(=O)Nc1ccc(F)cc1F. The summed E-state index contributed by atoms with van der Waals surface area (Å²) in [6.45, 7) is 1.81. The lowest BCUT2D eigenvalue weighted by Crippen LogP contribution is -2.31. The Morgan fingerprint density at radius 2 is 1.67 bits per heavy atom. The molecule has 0 spiro atoms. The van der Waals surface area contributed by atoms with E-state index in [4.69, 9.17) is 4.74 Å². The Morgan fingerprint density at radius 1 is 0.967 bits per heavy atom. The minimum atomic E-state index is -1.03. The minimum absolute atomic E-state index is 0.161. The number of amides is 2. The predicted molar refractivity (Wildman–Crippen MR) is 109 cm³/mol. The number of para-hydroxylation sites is 1. The van der Waals surface area contributed by atoms with Crippen molar-refractivity contribution in [2.24, 2.45) is 0 Å². The lowest BCUT2D eigenvalue weighted by Gasteiger charge is -2.17. The van der Waals surface area contributed by atoms with Crippen molar-refractivity contribution in [2.75, 3.05) is 5.32 Å². The van der Waals surface area contributed by atoms with Crippen molar-refractivity contribution in [1.82, 2.24) is 5.32 Å². The third kappa shape index (κ3) is 5.41. The maximum absolute atomic E-state index is 13.7. The fourth-order valence-corrected chi connectivity index (χ4v) is 2.70. The van der Waals surface area contributed by atoms with E-state index in [0.717, 1.165) is 17.7 Å². The van der Waals surface area contributed by atoms with Crippen molar-refractivity contribution in [2.45, 2.75) is 19.6 Å². The number of nitrogens with one attached hydrogen (secondary N) is 2. The third-order valence-electron chi connectivity index (χ3n) is 4.29. The Morgan fingerprint density at radius 3 is 2.40 bits per heavy atom. The van der Waals surface area contributed by atoms with E-state index < -0.39 is 23.6 Å². The number of rotatable bonds is 7. The maximum Gasteiger partial charge on any atom is 0.265 e. The number of hydrogen-bond acceptors (Lipinski definition) is 3. The first kappa shape index (κ1) is 21.0. The fraction of sp³-hybridized carbons (Fsp3) is 0.130. The Hall–Kier alpha value is -3.74. The summed E-state index contributed by atoms with van der Waals surface area (Å²) >= 11 is 0. The zero-order valence-corrected chi connectivity index (χ0v) is 16.2. The standard InChI is InChI=1S/C23H20F2N2O3/c1-15(22(28)27-20-12-11-17(24)13-19(20)25)30-21-10-6-5-9-18(21)23(29)26-14-16-7-3-2-4-8-16/h2-13,15H,14H2,1H3,(H,26,29)(H,27,28)/t15-/m1/s1. The largest absolute Gasteiger partial charge is 0.480 e. The molecule has 1 atom stereocenters. The van der Waals surface area contributed by atoms with Crippen LogP contribution in [0.1, 0.15) is 22.8 Å². The van der Waals surface area contributed by atoms with Crippen molar-refractivity contribution >= 4 is 17.5 Å². The zero-order chi connectivity index (χ0) is 21.5. The minimum Gasteiger partial charge on any atom is -0.480 e. The van der Waals surface area contributed by atoms with Crippen molar-refractivity contribution in [3.05, 3.63) is 95.6 Å². The molecular weight excluding hydrogens is 390 g/mol. The number of halogens is 2. The molecule has 3 aromatic carbocycles.